The molecular formula is C21H34N2. The average Bonchev–Trinajstić information content (AvgIpc) is 2.60. The van der Waals surface area contributed by atoms with Gasteiger partial charge in [0, 0.05) is 31.2 Å². The first-order valence-electron chi connectivity index (χ1n) is 10.5. The predicted octanol–water partition coefficient (Wildman–Crippen LogP) is 3.97. The second kappa shape index (κ2) is 5.88. The van der Waals surface area contributed by atoms with E-state index in [4.69, 9.17) is 0 Å². The largest absolute Gasteiger partial charge is 0.304 e. The van der Waals surface area contributed by atoms with E-state index in [0.29, 0.717) is 6.04 Å². The van der Waals surface area contributed by atoms with Gasteiger partial charge >= 0.3 is 0 Å². The van der Waals surface area contributed by atoms with Crippen LogP contribution in [-0.4, -0.2) is 36.1 Å². The Morgan fingerprint density at radius 2 is 1.74 bits per heavy atom. The maximum absolute atomic E-state index is 4.14. The van der Waals surface area contributed by atoms with Gasteiger partial charge in [0.2, 0.25) is 0 Å². The number of piperazine rings is 1. The summed E-state index contributed by atoms with van der Waals surface area (Å²) in [5.74, 6) is 3.92. The highest BCUT2D eigenvalue weighted by atomic mass is 15.3. The average molecular weight is 315 g/mol. The monoisotopic (exact) mass is 314 g/mol. The van der Waals surface area contributed by atoms with E-state index in [0.717, 1.165) is 35.8 Å². The van der Waals surface area contributed by atoms with Crippen molar-refractivity contribution in [3.05, 3.63) is 11.6 Å². The molecule has 0 amide bonds. The van der Waals surface area contributed by atoms with Crippen LogP contribution >= 0.6 is 0 Å². The van der Waals surface area contributed by atoms with Gasteiger partial charge in [-0.1, -0.05) is 43.8 Å². The molecule has 3 heterocycles. The van der Waals surface area contributed by atoms with Gasteiger partial charge in [-0.15, -0.1) is 0 Å². The zero-order valence-electron chi connectivity index (χ0n) is 14.8. The van der Waals surface area contributed by atoms with E-state index in [9.17, 15) is 0 Å². The molecule has 0 aromatic rings. The number of rotatable bonds is 0. The summed E-state index contributed by atoms with van der Waals surface area (Å²) in [5.41, 5.74) is 1.77. The van der Waals surface area contributed by atoms with Gasteiger partial charge in [0.1, 0.15) is 0 Å². The lowest BCUT2D eigenvalue weighted by atomic mass is 9.61. The van der Waals surface area contributed by atoms with Gasteiger partial charge in [-0.3, -0.25) is 4.90 Å². The number of allylic oxidation sites excluding steroid dienone is 1. The summed E-state index contributed by atoms with van der Waals surface area (Å²) in [6.07, 6.45) is 15.9. The molecule has 23 heavy (non-hydrogen) atoms. The lowest BCUT2D eigenvalue weighted by Crippen LogP contribution is -2.71. The van der Waals surface area contributed by atoms with Crippen LogP contribution < -0.4 is 5.32 Å². The number of fused-ring (bicyclic) bond motifs is 7. The molecule has 3 saturated heterocycles. The second-order valence-corrected chi connectivity index (χ2v) is 9.15. The number of nitrogens with zero attached hydrogens (tertiary/aromatic N) is 1. The minimum Gasteiger partial charge on any atom is -0.304 e. The van der Waals surface area contributed by atoms with Gasteiger partial charge in [0.25, 0.3) is 0 Å². The van der Waals surface area contributed by atoms with E-state index in [1.165, 1.54) is 70.9 Å². The van der Waals surface area contributed by atoms with Gasteiger partial charge < -0.3 is 5.32 Å². The van der Waals surface area contributed by atoms with Gasteiger partial charge in [0.15, 0.2) is 0 Å². The summed E-state index contributed by atoms with van der Waals surface area (Å²) in [6, 6.07) is 2.32. The Morgan fingerprint density at radius 3 is 2.61 bits per heavy atom. The quantitative estimate of drug-likeness (QED) is 0.681. The third-order valence-corrected chi connectivity index (χ3v) is 8.22. The molecule has 0 spiro atoms. The molecule has 2 heteroatoms. The number of hydrogen-bond acceptors (Lipinski definition) is 2. The highest BCUT2D eigenvalue weighted by Crippen LogP contribution is 2.49. The van der Waals surface area contributed by atoms with E-state index in [-0.39, 0.29) is 0 Å². The molecule has 2 aliphatic carbocycles. The van der Waals surface area contributed by atoms with Crippen molar-refractivity contribution in [2.45, 2.75) is 82.8 Å². The van der Waals surface area contributed by atoms with Crippen LogP contribution in [0.2, 0.25) is 0 Å². The smallest absolute Gasteiger partial charge is 0.0414 e. The number of piperidine rings is 2. The van der Waals surface area contributed by atoms with Crippen LogP contribution in [0.25, 0.3) is 0 Å². The molecule has 0 aromatic heterocycles. The zero-order chi connectivity index (χ0) is 15.4. The third-order valence-electron chi connectivity index (χ3n) is 8.22. The van der Waals surface area contributed by atoms with Crippen molar-refractivity contribution >= 4 is 0 Å². The minimum atomic E-state index is 0.667. The first-order chi connectivity index (χ1) is 11.3. The van der Waals surface area contributed by atoms with Crippen LogP contribution in [0.4, 0.5) is 0 Å². The van der Waals surface area contributed by atoms with Gasteiger partial charge in [-0.2, -0.15) is 0 Å². The maximum Gasteiger partial charge on any atom is 0.0414 e. The fourth-order valence-corrected chi connectivity index (χ4v) is 7.23. The fraction of sp³-hybridized carbons (Fsp3) is 0.905. The molecule has 2 nitrogen and oxygen atoms in total. The molecule has 3 aliphatic heterocycles. The Hall–Kier alpha value is -0.340. The highest BCUT2D eigenvalue weighted by molar-refractivity contribution is 5.25. The topological polar surface area (TPSA) is 15.3 Å². The fourth-order valence-electron chi connectivity index (χ4n) is 7.23. The van der Waals surface area contributed by atoms with Gasteiger partial charge in [0.05, 0.1) is 0 Å². The Kier molecular flexibility index (Phi) is 3.82. The molecule has 5 fully saturated rings. The van der Waals surface area contributed by atoms with Crippen molar-refractivity contribution < 1.29 is 0 Å². The summed E-state index contributed by atoms with van der Waals surface area (Å²) in [5, 5.41) is 4.14. The van der Waals surface area contributed by atoms with E-state index in [1.54, 1.807) is 5.57 Å². The maximum atomic E-state index is 4.14. The molecule has 128 valence electrons. The first kappa shape index (κ1) is 15.0. The van der Waals surface area contributed by atoms with Crippen molar-refractivity contribution in [2.24, 2.45) is 23.7 Å². The molecule has 7 unspecified atom stereocenters. The Morgan fingerprint density at radius 1 is 0.957 bits per heavy atom. The van der Waals surface area contributed by atoms with Crippen LogP contribution in [0.5, 0.6) is 0 Å². The van der Waals surface area contributed by atoms with E-state index in [2.05, 4.69) is 23.2 Å². The molecule has 1 N–H and O–H groups in total. The van der Waals surface area contributed by atoms with Crippen molar-refractivity contribution in [1.29, 1.82) is 0 Å². The lowest BCUT2D eigenvalue weighted by Gasteiger charge is -2.60. The molecule has 7 atom stereocenters. The van der Waals surface area contributed by atoms with Crippen molar-refractivity contribution in [3.8, 4) is 0 Å². The second-order valence-electron chi connectivity index (χ2n) is 9.15. The molecule has 5 aliphatic rings. The first-order valence-corrected chi connectivity index (χ1v) is 10.5. The zero-order valence-corrected chi connectivity index (χ0v) is 14.8. The molecule has 0 aromatic carbocycles. The Balaban J connectivity index is 1.44. The van der Waals surface area contributed by atoms with Crippen molar-refractivity contribution in [1.82, 2.24) is 10.2 Å². The SMILES string of the molecule is CC=C1C2CN3CC4CCCCC4CC3C(N2)C2CCCCC12. The Labute approximate surface area is 142 Å². The van der Waals surface area contributed by atoms with Crippen LogP contribution in [0.3, 0.4) is 0 Å². The van der Waals surface area contributed by atoms with Crippen LogP contribution in [0.15, 0.2) is 11.6 Å². The molecule has 0 radical (unpaired) electrons. The summed E-state index contributed by atoms with van der Waals surface area (Å²) in [7, 11) is 0. The summed E-state index contributed by atoms with van der Waals surface area (Å²) >= 11 is 0. The summed E-state index contributed by atoms with van der Waals surface area (Å²) in [4.78, 5) is 2.94. The van der Waals surface area contributed by atoms with E-state index in [1.807, 2.05) is 0 Å². The number of hydrogen-bond donors (Lipinski definition) is 1. The van der Waals surface area contributed by atoms with E-state index < -0.39 is 0 Å². The van der Waals surface area contributed by atoms with E-state index >= 15 is 0 Å². The predicted molar refractivity (Wildman–Crippen MR) is 95.3 cm³/mol. The summed E-state index contributed by atoms with van der Waals surface area (Å²) in [6.45, 7) is 5.01. The standard InChI is InChI=1S/C21H34N2/c1-2-16-17-9-5-6-10-18(17)21-20-11-14-7-3-4-8-15(14)12-23(20)13-19(16)22-21/h2,14-15,17-22H,3-13H2,1H3. The van der Waals surface area contributed by atoms with Crippen LogP contribution in [-0.2, 0) is 0 Å². The normalized spacial score (nSPS) is 51.7. The molecular weight excluding hydrogens is 280 g/mol. The lowest BCUT2D eigenvalue weighted by molar-refractivity contribution is -0.0446. The minimum absolute atomic E-state index is 0.667. The van der Waals surface area contributed by atoms with Crippen molar-refractivity contribution in [2.75, 3.05) is 13.1 Å². The van der Waals surface area contributed by atoms with Gasteiger partial charge in [-0.25, -0.2) is 0 Å². The van der Waals surface area contributed by atoms with Crippen LogP contribution in [0, 0.1) is 23.7 Å². The summed E-state index contributed by atoms with van der Waals surface area (Å²) < 4.78 is 0. The third kappa shape index (κ3) is 2.35. The Bertz CT molecular complexity index is 484. The van der Waals surface area contributed by atoms with Crippen LogP contribution in [0.1, 0.15) is 64.7 Å². The van der Waals surface area contributed by atoms with Gasteiger partial charge in [-0.05, 0) is 56.3 Å². The highest BCUT2D eigenvalue weighted by Gasteiger charge is 2.52. The molecule has 5 rings (SSSR count). The molecule has 2 saturated carbocycles. The number of nitrogens with one attached hydrogen (secondary N) is 1. The van der Waals surface area contributed by atoms with Crippen molar-refractivity contribution in [3.63, 3.8) is 0 Å². The molecule has 2 bridgehead atoms.